The molecule has 102 valence electrons. The topological polar surface area (TPSA) is 40.5 Å². The number of halogens is 3. The van der Waals surface area contributed by atoms with Crippen LogP contribution < -0.4 is 0 Å². The summed E-state index contributed by atoms with van der Waals surface area (Å²) in [5.74, 6) is -2.52. The maximum atomic E-state index is 12.3. The molecule has 1 N–H and O–H groups in total. The van der Waals surface area contributed by atoms with Crippen LogP contribution in [0.15, 0.2) is 41.7 Å². The van der Waals surface area contributed by atoms with E-state index in [0.717, 1.165) is 5.56 Å². The van der Waals surface area contributed by atoms with E-state index in [1.807, 2.05) is 6.07 Å². The Morgan fingerprint density at radius 2 is 1.89 bits per heavy atom. The largest absolute Gasteiger partial charge is 0.504 e. The average molecular weight is 271 g/mol. The molecule has 0 aromatic heterocycles. The highest BCUT2D eigenvalue weighted by Crippen LogP contribution is 2.31. The molecule has 1 fully saturated rings. The molecule has 1 aliphatic rings. The standard InChI is InChI=1S/C13H12F3NO2/c14-13(15,16)11(18)10-6-7-17(12(10)19)8-9-4-2-1-3-5-9/h1-5,18H,6-8H2. The van der Waals surface area contributed by atoms with Crippen LogP contribution in [0, 0.1) is 0 Å². The van der Waals surface area contributed by atoms with Crippen LogP contribution in [-0.4, -0.2) is 28.6 Å². The van der Waals surface area contributed by atoms with Gasteiger partial charge in [0.2, 0.25) is 5.76 Å². The lowest BCUT2D eigenvalue weighted by atomic mass is 10.2. The first-order valence-electron chi connectivity index (χ1n) is 5.72. The molecule has 1 amide bonds. The van der Waals surface area contributed by atoms with Gasteiger partial charge in [-0.25, -0.2) is 0 Å². The molecule has 1 saturated heterocycles. The fourth-order valence-corrected chi connectivity index (χ4v) is 1.99. The first-order chi connectivity index (χ1) is 8.89. The molecule has 0 aliphatic carbocycles. The van der Waals surface area contributed by atoms with Crippen molar-refractivity contribution in [3.8, 4) is 0 Å². The van der Waals surface area contributed by atoms with E-state index in [9.17, 15) is 18.0 Å². The van der Waals surface area contributed by atoms with Crippen molar-refractivity contribution in [2.75, 3.05) is 6.54 Å². The molecule has 1 heterocycles. The summed E-state index contributed by atoms with van der Waals surface area (Å²) in [5.41, 5.74) is 0.284. The Bertz CT molecular complexity index is 508. The Balaban J connectivity index is 2.15. The third-order valence-corrected chi connectivity index (χ3v) is 2.95. The maximum Gasteiger partial charge on any atom is 0.449 e. The molecule has 19 heavy (non-hydrogen) atoms. The Morgan fingerprint density at radius 1 is 1.26 bits per heavy atom. The highest BCUT2D eigenvalue weighted by molar-refractivity contribution is 5.96. The summed E-state index contributed by atoms with van der Waals surface area (Å²) in [6.45, 7) is 0.428. The minimum Gasteiger partial charge on any atom is -0.504 e. The Kier molecular flexibility index (Phi) is 3.50. The molecule has 6 heteroatoms. The third kappa shape index (κ3) is 2.89. The molecule has 2 rings (SSSR count). The molecule has 3 nitrogen and oxygen atoms in total. The van der Waals surface area contributed by atoms with Gasteiger partial charge in [-0.1, -0.05) is 30.3 Å². The lowest BCUT2D eigenvalue weighted by Crippen LogP contribution is -2.26. The van der Waals surface area contributed by atoms with Gasteiger partial charge in [0.25, 0.3) is 5.91 Å². The molecular weight excluding hydrogens is 259 g/mol. The highest BCUT2D eigenvalue weighted by Gasteiger charge is 2.41. The van der Waals surface area contributed by atoms with Gasteiger partial charge < -0.3 is 10.0 Å². The molecule has 1 aromatic rings. The number of hydrogen-bond acceptors (Lipinski definition) is 2. The zero-order chi connectivity index (χ0) is 14.0. The van der Waals surface area contributed by atoms with Crippen LogP contribution in [-0.2, 0) is 11.3 Å². The van der Waals surface area contributed by atoms with Crippen molar-refractivity contribution in [2.45, 2.75) is 19.1 Å². The number of nitrogens with zero attached hydrogens (tertiary/aromatic N) is 1. The summed E-state index contributed by atoms with van der Waals surface area (Å²) >= 11 is 0. The van der Waals surface area contributed by atoms with Gasteiger partial charge in [-0.15, -0.1) is 0 Å². The summed E-state index contributed by atoms with van der Waals surface area (Å²) in [4.78, 5) is 13.1. The van der Waals surface area contributed by atoms with Crippen LogP contribution in [0.2, 0.25) is 0 Å². The molecule has 0 bridgehead atoms. The monoisotopic (exact) mass is 271 g/mol. The van der Waals surface area contributed by atoms with Crippen molar-refractivity contribution in [1.29, 1.82) is 0 Å². The van der Waals surface area contributed by atoms with Gasteiger partial charge in [0, 0.05) is 13.1 Å². The number of aliphatic hydroxyl groups excluding tert-OH is 1. The molecule has 0 unspecified atom stereocenters. The fraction of sp³-hybridized carbons (Fsp3) is 0.308. The number of allylic oxidation sites excluding steroid dienone is 1. The van der Waals surface area contributed by atoms with Crippen molar-refractivity contribution >= 4 is 5.91 Å². The van der Waals surface area contributed by atoms with E-state index in [0.29, 0.717) is 0 Å². The van der Waals surface area contributed by atoms with Gasteiger partial charge in [0.05, 0.1) is 5.57 Å². The third-order valence-electron chi connectivity index (χ3n) is 2.95. The summed E-state index contributed by atoms with van der Waals surface area (Å²) in [7, 11) is 0. The molecule has 0 spiro atoms. The van der Waals surface area contributed by atoms with Crippen molar-refractivity contribution in [2.24, 2.45) is 0 Å². The van der Waals surface area contributed by atoms with Crippen LogP contribution in [0.5, 0.6) is 0 Å². The second-order valence-corrected chi connectivity index (χ2v) is 4.29. The predicted molar refractivity (Wildman–Crippen MR) is 62.2 cm³/mol. The van der Waals surface area contributed by atoms with E-state index in [4.69, 9.17) is 5.11 Å². The summed E-state index contributed by atoms with van der Waals surface area (Å²) in [6.07, 6.45) is -4.95. The Morgan fingerprint density at radius 3 is 2.47 bits per heavy atom. The minimum absolute atomic E-state index is 0.0863. The molecular formula is C13H12F3NO2. The van der Waals surface area contributed by atoms with E-state index in [2.05, 4.69) is 0 Å². The van der Waals surface area contributed by atoms with Crippen LogP contribution in [0.1, 0.15) is 12.0 Å². The lowest BCUT2D eigenvalue weighted by Gasteiger charge is -2.15. The number of rotatable bonds is 2. The normalized spacial score (nSPS) is 18.9. The highest BCUT2D eigenvalue weighted by atomic mass is 19.4. The molecule has 0 saturated carbocycles. The number of likely N-dealkylation sites (tertiary alicyclic amines) is 1. The SMILES string of the molecule is O=C1C(=C(O)C(F)(F)F)CCN1Cc1ccccc1. The van der Waals surface area contributed by atoms with Gasteiger partial charge in [-0.3, -0.25) is 4.79 Å². The van der Waals surface area contributed by atoms with E-state index >= 15 is 0 Å². The van der Waals surface area contributed by atoms with E-state index in [-0.39, 0.29) is 19.5 Å². The molecule has 1 aromatic carbocycles. The van der Waals surface area contributed by atoms with Crippen molar-refractivity contribution in [1.82, 2.24) is 4.90 Å². The van der Waals surface area contributed by atoms with Crippen LogP contribution in [0.25, 0.3) is 0 Å². The first kappa shape index (κ1) is 13.5. The van der Waals surface area contributed by atoms with Crippen molar-refractivity contribution in [3.63, 3.8) is 0 Å². The van der Waals surface area contributed by atoms with Crippen molar-refractivity contribution < 1.29 is 23.1 Å². The molecule has 0 radical (unpaired) electrons. The Hall–Kier alpha value is -1.98. The molecule has 1 aliphatic heterocycles. The zero-order valence-corrected chi connectivity index (χ0v) is 9.94. The smallest absolute Gasteiger partial charge is 0.449 e. The first-order valence-corrected chi connectivity index (χ1v) is 5.72. The number of aliphatic hydroxyl groups is 1. The minimum atomic E-state index is -4.87. The van der Waals surface area contributed by atoms with Gasteiger partial charge in [0.1, 0.15) is 0 Å². The van der Waals surface area contributed by atoms with E-state index in [1.54, 1.807) is 24.3 Å². The lowest BCUT2D eigenvalue weighted by molar-refractivity contribution is -0.131. The second-order valence-electron chi connectivity index (χ2n) is 4.29. The number of alkyl halides is 3. The second kappa shape index (κ2) is 4.95. The maximum absolute atomic E-state index is 12.3. The predicted octanol–water partition coefficient (Wildman–Crippen LogP) is 2.79. The molecule has 0 atom stereocenters. The van der Waals surface area contributed by atoms with Crippen LogP contribution >= 0.6 is 0 Å². The number of benzene rings is 1. The zero-order valence-electron chi connectivity index (χ0n) is 9.94. The quantitative estimate of drug-likeness (QED) is 0.663. The van der Waals surface area contributed by atoms with E-state index < -0.39 is 23.4 Å². The fourth-order valence-electron chi connectivity index (χ4n) is 1.99. The number of carbonyl (C=O) groups excluding carboxylic acids is 1. The number of carbonyl (C=O) groups is 1. The van der Waals surface area contributed by atoms with Crippen LogP contribution in [0.3, 0.4) is 0 Å². The van der Waals surface area contributed by atoms with Gasteiger partial charge in [-0.2, -0.15) is 13.2 Å². The number of hydrogen-bond donors (Lipinski definition) is 1. The van der Waals surface area contributed by atoms with Gasteiger partial charge in [0.15, 0.2) is 0 Å². The van der Waals surface area contributed by atoms with Crippen molar-refractivity contribution in [3.05, 3.63) is 47.2 Å². The summed E-state index contributed by atoms with van der Waals surface area (Å²) in [5, 5.41) is 9.05. The average Bonchev–Trinajstić information content (AvgIpc) is 2.70. The van der Waals surface area contributed by atoms with Crippen LogP contribution in [0.4, 0.5) is 13.2 Å². The Labute approximate surface area is 108 Å². The van der Waals surface area contributed by atoms with Gasteiger partial charge >= 0.3 is 6.18 Å². The summed E-state index contributed by atoms with van der Waals surface area (Å²) < 4.78 is 37.0. The number of amides is 1. The van der Waals surface area contributed by atoms with Gasteiger partial charge in [-0.05, 0) is 12.0 Å². The van der Waals surface area contributed by atoms with E-state index in [1.165, 1.54) is 4.90 Å². The summed E-state index contributed by atoms with van der Waals surface area (Å²) in [6, 6.07) is 8.98.